The van der Waals surface area contributed by atoms with Crippen molar-refractivity contribution in [3.05, 3.63) is 34.3 Å². The van der Waals surface area contributed by atoms with E-state index in [1.807, 2.05) is 6.07 Å². The van der Waals surface area contributed by atoms with Crippen LogP contribution in [0.1, 0.15) is 24.5 Å². The Hall–Kier alpha value is -0.240. The Kier molecular flexibility index (Phi) is 4.35. The van der Waals surface area contributed by atoms with Crippen LogP contribution in [0, 0.1) is 12.8 Å². The van der Waals surface area contributed by atoms with Gasteiger partial charge in [-0.1, -0.05) is 30.7 Å². The van der Waals surface area contributed by atoms with Crippen LogP contribution in [-0.4, -0.2) is 23.4 Å². The minimum atomic E-state index is 0.494. The summed E-state index contributed by atoms with van der Waals surface area (Å²) in [7, 11) is 0. The van der Waals surface area contributed by atoms with E-state index >= 15 is 0 Å². The van der Waals surface area contributed by atoms with E-state index in [0.717, 1.165) is 18.1 Å². The van der Waals surface area contributed by atoms with Gasteiger partial charge in [-0.25, -0.2) is 0 Å². The summed E-state index contributed by atoms with van der Waals surface area (Å²) in [4.78, 5) is 2.45. The molecule has 1 aromatic rings. The van der Waals surface area contributed by atoms with Crippen molar-refractivity contribution in [3.8, 4) is 0 Å². The van der Waals surface area contributed by atoms with Crippen LogP contribution in [0.5, 0.6) is 0 Å². The number of hydrogen-bond acceptors (Lipinski definition) is 1. The van der Waals surface area contributed by atoms with E-state index in [-0.39, 0.29) is 0 Å². The highest BCUT2D eigenvalue weighted by atomic mass is 35.5. The number of nitrogens with zero attached hydrogens (tertiary/aromatic N) is 1. The number of likely N-dealkylation sites (tertiary alicyclic amines) is 1. The maximum absolute atomic E-state index is 6.28. The Morgan fingerprint density at radius 1 is 1.41 bits per heavy atom. The normalized spacial score (nSPS) is 25.4. The third-order valence-corrected chi connectivity index (χ3v) is 4.41. The maximum Gasteiger partial charge on any atom is 0.0453 e. The molecule has 1 fully saturated rings. The van der Waals surface area contributed by atoms with Gasteiger partial charge in [0.25, 0.3) is 0 Å². The molecule has 94 valence electrons. The molecule has 17 heavy (non-hydrogen) atoms. The lowest BCUT2D eigenvalue weighted by Gasteiger charge is -2.25. The predicted octanol–water partition coefficient (Wildman–Crippen LogP) is 4.10. The Balaban J connectivity index is 2.10. The Morgan fingerprint density at radius 2 is 2.18 bits per heavy atom. The van der Waals surface area contributed by atoms with Crippen LogP contribution in [0.4, 0.5) is 0 Å². The third-order valence-electron chi connectivity index (χ3n) is 3.74. The van der Waals surface area contributed by atoms with Crippen LogP contribution in [0.2, 0.25) is 5.02 Å². The van der Waals surface area contributed by atoms with Gasteiger partial charge in [0.1, 0.15) is 0 Å². The van der Waals surface area contributed by atoms with Gasteiger partial charge in [0.15, 0.2) is 0 Å². The highest BCUT2D eigenvalue weighted by Crippen LogP contribution is 2.28. The summed E-state index contributed by atoms with van der Waals surface area (Å²) in [5, 5.41) is 0.873. The number of benzene rings is 1. The zero-order chi connectivity index (χ0) is 12.4. The molecule has 0 bridgehead atoms. The molecular formula is C14H19Cl2N. The fourth-order valence-corrected chi connectivity index (χ4v) is 3.33. The number of alkyl halides is 1. The molecule has 1 saturated heterocycles. The smallest absolute Gasteiger partial charge is 0.0453 e. The molecule has 2 unspecified atom stereocenters. The quantitative estimate of drug-likeness (QED) is 0.749. The van der Waals surface area contributed by atoms with Gasteiger partial charge in [-0.05, 0) is 43.0 Å². The Bertz CT molecular complexity index is 392. The molecule has 0 N–H and O–H groups in total. The van der Waals surface area contributed by atoms with Crippen LogP contribution >= 0.6 is 23.2 Å². The first-order valence-electron chi connectivity index (χ1n) is 6.17. The maximum atomic E-state index is 6.28. The number of hydrogen-bond donors (Lipinski definition) is 0. The molecule has 1 nitrogen and oxygen atoms in total. The SMILES string of the molecule is Cc1ccc(CN2CCC(C)C2CCl)c(Cl)c1. The molecule has 1 aliphatic rings. The average Bonchev–Trinajstić information content (AvgIpc) is 2.63. The van der Waals surface area contributed by atoms with E-state index in [1.165, 1.54) is 17.5 Å². The molecule has 0 aliphatic carbocycles. The number of rotatable bonds is 3. The summed E-state index contributed by atoms with van der Waals surface area (Å²) in [6.07, 6.45) is 1.24. The van der Waals surface area contributed by atoms with Gasteiger partial charge >= 0.3 is 0 Å². The molecule has 0 aromatic heterocycles. The molecule has 0 radical (unpaired) electrons. The second-order valence-electron chi connectivity index (χ2n) is 5.05. The Labute approximate surface area is 114 Å². The van der Waals surface area contributed by atoms with Crippen molar-refractivity contribution in [1.82, 2.24) is 4.90 Å². The highest BCUT2D eigenvalue weighted by Gasteiger charge is 2.30. The second kappa shape index (κ2) is 5.60. The fraction of sp³-hybridized carbons (Fsp3) is 0.571. The van der Waals surface area contributed by atoms with Crippen molar-refractivity contribution in [2.75, 3.05) is 12.4 Å². The van der Waals surface area contributed by atoms with Gasteiger partial charge in [0.2, 0.25) is 0 Å². The molecule has 0 amide bonds. The number of aryl methyl sites for hydroxylation is 1. The third kappa shape index (κ3) is 2.96. The van der Waals surface area contributed by atoms with E-state index in [4.69, 9.17) is 23.2 Å². The molecule has 2 rings (SSSR count). The van der Waals surface area contributed by atoms with Crippen molar-refractivity contribution in [3.63, 3.8) is 0 Å². The van der Waals surface area contributed by atoms with E-state index in [1.54, 1.807) is 0 Å². The predicted molar refractivity (Wildman–Crippen MR) is 74.9 cm³/mol. The summed E-state index contributed by atoms with van der Waals surface area (Å²) in [6, 6.07) is 6.78. The van der Waals surface area contributed by atoms with E-state index < -0.39 is 0 Å². The van der Waals surface area contributed by atoms with Crippen molar-refractivity contribution in [1.29, 1.82) is 0 Å². The first-order chi connectivity index (χ1) is 8.11. The fourth-order valence-electron chi connectivity index (χ4n) is 2.53. The van der Waals surface area contributed by atoms with Gasteiger partial charge < -0.3 is 0 Å². The lowest BCUT2D eigenvalue weighted by atomic mass is 10.0. The summed E-state index contributed by atoms with van der Waals surface area (Å²) in [5.74, 6) is 1.40. The first kappa shape index (κ1) is 13.2. The molecule has 0 saturated carbocycles. The zero-order valence-electron chi connectivity index (χ0n) is 10.4. The van der Waals surface area contributed by atoms with Gasteiger partial charge in [-0.2, -0.15) is 0 Å². The summed E-state index contributed by atoms with van der Waals surface area (Å²) in [5.41, 5.74) is 2.42. The van der Waals surface area contributed by atoms with Crippen LogP contribution in [0.3, 0.4) is 0 Å². The molecule has 3 heteroatoms. The standard InChI is InChI=1S/C14H19Cl2N/c1-10-3-4-12(13(16)7-10)9-17-6-5-11(2)14(17)8-15/h3-4,7,11,14H,5-6,8-9H2,1-2H3. The van der Waals surface area contributed by atoms with Crippen LogP contribution in [0.25, 0.3) is 0 Å². The molecule has 0 spiro atoms. The number of halogens is 2. The summed E-state index contributed by atoms with van der Waals surface area (Å²) in [6.45, 7) is 6.39. The second-order valence-corrected chi connectivity index (χ2v) is 5.77. The van der Waals surface area contributed by atoms with Crippen LogP contribution in [0.15, 0.2) is 18.2 Å². The largest absolute Gasteiger partial charge is 0.295 e. The van der Waals surface area contributed by atoms with Crippen LogP contribution < -0.4 is 0 Å². The van der Waals surface area contributed by atoms with Gasteiger partial charge in [0.05, 0.1) is 0 Å². The minimum absolute atomic E-state index is 0.494. The monoisotopic (exact) mass is 271 g/mol. The van der Waals surface area contributed by atoms with Gasteiger partial charge in [-0.3, -0.25) is 4.90 Å². The molecule has 1 aromatic carbocycles. The molecule has 1 aliphatic heterocycles. The molecular weight excluding hydrogens is 253 g/mol. The van der Waals surface area contributed by atoms with E-state index in [2.05, 4.69) is 30.9 Å². The van der Waals surface area contributed by atoms with Crippen molar-refractivity contribution in [2.24, 2.45) is 5.92 Å². The van der Waals surface area contributed by atoms with Crippen molar-refractivity contribution in [2.45, 2.75) is 32.9 Å². The van der Waals surface area contributed by atoms with Gasteiger partial charge in [-0.15, -0.1) is 11.6 Å². The molecule has 2 atom stereocenters. The Morgan fingerprint density at radius 3 is 2.82 bits per heavy atom. The summed E-state index contributed by atoms with van der Waals surface area (Å²) < 4.78 is 0. The van der Waals surface area contributed by atoms with Crippen LogP contribution in [-0.2, 0) is 6.54 Å². The van der Waals surface area contributed by atoms with E-state index in [0.29, 0.717) is 17.8 Å². The first-order valence-corrected chi connectivity index (χ1v) is 7.08. The van der Waals surface area contributed by atoms with Crippen molar-refractivity contribution < 1.29 is 0 Å². The van der Waals surface area contributed by atoms with Crippen molar-refractivity contribution >= 4 is 23.2 Å². The zero-order valence-corrected chi connectivity index (χ0v) is 11.9. The topological polar surface area (TPSA) is 3.24 Å². The highest BCUT2D eigenvalue weighted by molar-refractivity contribution is 6.31. The lowest BCUT2D eigenvalue weighted by molar-refractivity contribution is 0.242. The minimum Gasteiger partial charge on any atom is -0.295 e. The summed E-state index contributed by atoms with van der Waals surface area (Å²) >= 11 is 12.3. The van der Waals surface area contributed by atoms with E-state index in [9.17, 15) is 0 Å². The average molecular weight is 272 g/mol. The van der Waals surface area contributed by atoms with Gasteiger partial charge in [0, 0.05) is 23.5 Å². The molecule has 1 heterocycles. The lowest BCUT2D eigenvalue weighted by Crippen LogP contribution is -2.33.